The van der Waals surface area contributed by atoms with Crippen molar-refractivity contribution in [3.63, 3.8) is 0 Å². The standard InChI is InChI=1S/C37H22Br2O8/c38-33(39)31-27-18-16-25(44-34(40)22-10-4-1-5-11-22)20-29(27)47-37(43)32(31)28-19-17-26(45-35(41)23-12-6-2-7-13-23)21-30(28)46-36(42)24-14-8-3-9-15-24/h1-21,33H. The van der Waals surface area contributed by atoms with Crippen molar-refractivity contribution in [2.75, 3.05) is 0 Å². The van der Waals surface area contributed by atoms with Gasteiger partial charge in [-0.2, -0.15) is 0 Å². The summed E-state index contributed by atoms with van der Waals surface area (Å²) in [6.07, 6.45) is 0. The van der Waals surface area contributed by atoms with E-state index in [0.29, 0.717) is 22.1 Å². The summed E-state index contributed by atoms with van der Waals surface area (Å²) in [5.74, 6) is -1.65. The van der Waals surface area contributed by atoms with E-state index in [1.165, 1.54) is 24.3 Å². The fourth-order valence-corrected chi connectivity index (χ4v) is 5.77. The average molecular weight is 754 g/mol. The third kappa shape index (κ3) is 7.09. The van der Waals surface area contributed by atoms with Crippen LogP contribution in [-0.4, -0.2) is 17.9 Å². The third-order valence-corrected chi connectivity index (χ3v) is 7.93. The molecule has 0 aliphatic rings. The van der Waals surface area contributed by atoms with E-state index in [1.807, 2.05) is 0 Å². The predicted molar refractivity (Wildman–Crippen MR) is 183 cm³/mol. The number of carbonyl (C=O) groups excluding carboxylic acids is 3. The molecule has 0 atom stereocenters. The Morgan fingerprint density at radius 2 is 1.04 bits per heavy atom. The molecule has 8 nitrogen and oxygen atoms in total. The predicted octanol–water partition coefficient (Wildman–Crippen LogP) is 8.91. The number of esters is 3. The van der Waals surface area contributed by atoms with Gasteiger partial charge in [0.1, 0.15) is 22.8 Å². The van der Waals surface area contributed by atoms with Crippen LogP contribution in [-0.2, 0) is 0 Å². The van der Waals surface area contributed by atoms with Gasteiger partial charge in [-0.05, 0) is 60.7 Å². The summed E-state index contributed by atoms with van der Waals surface area (Å²) in [6, 6.07) is 34.3. The van der Waals surface area contributed by atoms with Gasteiger partial charge >= 0.3 is 23.5 Å². The molecule has 5 aromatic carbocycles. The van der Waals surface area contributed by atoms with Gasteiger partial charge in [0.25, 0.3) is 0 Å². The monoisotopic (exact) mass is 752 g/mol. The Kier molecular flexibility index (Phi) is 9.42. The Bertz CT molecular complexity index is 2160. The zero-order valence-corrected chi connectivity index (χ0v) is 27.4. The highest BCUT2D eigenvalue weighted by atomic mass is 79.9. The van der Waals surface area contributed by atoms with Crippen LogP contribution in [0.4, 0.5) is 0 Å². The van der Waals surface area contributed by atoms with Gasteiger partial charge in [-0.25, -0.2) is 19.2 Å². The average Bonchev–Trinajstić information content (AvgIpc) is 3.09. The topological polar surface area (TPSA) is 109 Å². The van der Waals surface area contributed by atoms with Crippen molar-refractivity contribution >= 4 is 60.7 Å². The summed E-state index contributed by atoms with van der Waals surface area (Å²) < 4.78 is 22.1. The van der Waals surface area contributed by atoms with Gasteiger partial charge in [0.05, 0.1) is 26.0 Å². The maximum absolute atomic E-state index is 13.7. The van der Waals surface area contributed by atoms with Crippen molar-refractivity contribution in [3.05, 3.63) is 160 Å². The number of hydrogen-bond donors (Lipinski definition) is 0. The van der Waals surface area contributed by atoms with Crippen molar-refractivity contribution in [1.29, 1.82) is 0 Å². The van der Waals surface area contributed by atoms with Gasteiger partial charge in [-0.15, -0.1) is 0 Å². The lowest BCUT2D eigenvalue weighted by molar-refractivity contribution is 0.0720. The van der Waals surface area contributed by atoms with Crippen molar-refractivity contribution in [1.82, 2.24) is 0 Å². The first-order valence-electron chi connectivity index (χ1n) is 14.1. The zero-order chi connectivity index (χ0) is 32.9. The molecule has 47 heavy (non-hydrogen) atoms. The molecule has 0 saturated heterocycles. The van der Waals surface area contributed by atoms with E-state index in [4.69, 9.17) is 18.6 Å². The number of hydrogen-bond acceptors (Lipinski definition) is 8. The number of fused-ring (bicyclic) bond motifs is 1. The van der Waals surface area contributed by atoms with Crippen LogP contribution in [0.2, 0.25) is 0 Å². The Labute approximate surface area is 284 Å². The highest BCUT2D eigenvalue weighted by Gasteiger charge is 2.26. The number of alkyl halides is 2. The number of halogens is 2. The first-order valence-corrected chi connectivity index (χ1v) is 16.0. The minimum Gasteiger partial charge on any atom is -0.423 e. The lowest BCUT2D eigenvalue weighted by Crippen LogP contribution is -2.13. The summed E-state index contributed by atoms with van der Waals surface area (Å²) in [7, 11) is 0. The molecule has 6 aromatic rings. The zero-order valence-electron chi connectivity index (χ0n) is 24.2. The highest BCUT2D eigenvalue weighted by Crippen LogP contribution is 2.43. The van der Waals surface area contributed by atoms with Crippen molar-refractivity contribution in [3.8, 4) is 28.4 Å². The van der Waals surface area contributed by atoms with Gasteiger partial charge in [-0.1, -0.05) is 86.5 Å². The molecular weight excluding hydrogens is 732 g/mol. The molecule has 1 aromatic heterocycles. The van der Waals surface area contributed by atoms with Gasteiger partial charge in [0.2, 0.25) is 0 Å². The van der Waals surface area contributed by atoms with Gasteiger partial charge in [0.15, 0.2) is 0 Å². The van der Waals surface area contributed by atoms with Crippen molar-refractivity contribution < 1.29 is 33.0 Å². The summed E-state index contributed by atoms with van der Waals surface area (Å²) in [5, 5.41) is 0.512. The lowest BCUT2D eigenvalue weighted by atomic mass is 9.98. The smallest absolute Gasteiger partial charge is 0.344 e. The van der Waals surface area contributed by atoms with Crippen LogP contribution in [0.25, 0.3) is 22.1 Å². The quantitative estimate of drug-likeness (QED) is 0.0656. The molecule has 0 fully saturated rings. The maximum Gasteiger partial charge on any atom is 0.344 e. The molecule has 0 spiro atoms. The number of benzene rings is 5. The molecule has 1 heterocycles. The molecule has 0 radical (unpaired) electrons. The molecule has 232 valence electrons. The first-order chi connectivity index (χ1) is 22.8. The fraction of sp³-hybridized carbons (Fsp3) is 0.0270. The summed E-state index contributed by atoms with van der Waals surface area (Å²) >= 11 is 7.07. The molecule has 10 heteroatoms. The van der Waals surface area contributed by atoms with Crippen LogP contribution >= 0.6 is 31.9 Å². The van der Waals surface area contributed by atoms with E-state index >= 15 is 0 Å². The second-order valence-electron chi connectivity index (χ2n) is 10.1. The van der Waals surface area contributed by atoms with E-state index in [9.17, 15) is 19.2 Å². The molecule has 0 aliphatic heterocycles. The minimum atomic E-state index is -0.756. The Balaban J connectivity index is 1.43. The van der Waals surface area contributed by atoms with Crippen LogP contribution in [0, 0.1) is 0 Å². The molecule has 6 rings (SSSR count). The molecule has 0 N–H and O–H groups in total. The van der Waals surface area contributed by atoms with Gasteiger partial charge in [-0.3, -0.25) is 0 Å². The number of rotatable bonds is 8. The van der Waals surface area contributed by atoms with E-state index in [-0.39, 0.29) is 39.5 Å². The number of carbonyl (C=O) groups is 3. The third-order valence-electron chi connectivity index (χ3n) is 7.01. The van der Waals surface area contributed by atoms with Gasteiger partial charge in [0, 0.05) is 28.6 Å². The lowest BCUT2D eigenvalue weighted by Gasteiger charge is -2.17. The molecule has 0 amide bonds. The normalized spacial score (nSPS) is 10.9. The second kappa shape index (κ2) is 14.0. The van der Waals surface area contributed by atoms with E-state index in [0.717, 1.165) is 0 Å². The molecule has 0 aliphatic carbocycles. The molecular formula is C37H22Br2O8. The SMILES string of the molecule is O=C(Oc1ccc(-c2c(C(Br)Br)c3ccc(OC(=O)c4ccccc4)cc3oc2=O)c(OC(=O)c2ccccc2)c1)c1ccccc1. The summed E-state index contributed by atoms with van der Waals surface area (Å²) in [6.45, 7) is 0. The van der Waals surface area contributed by atoms with Crippen molar-refractivity contribution in [2.45, 2.75) is 3.74 Å². The summed E-state index contributed by atoms with van der Waals surface area (Å²) in [5.41, 5.74) is 1.12. The van der Waals surface area contributed by atoms with E-state index in [1.54, 1.807) is 103 Å². The fourth-order valence-electron chi connectivity index (χ4n) is 4.82. The second-order valence-corrected chi connectivity index (χ2v) is 13.1. The molecule has 0 saturated carbocycles. The van der Waals surface area contributed by atoms with Crippen LogP contribution in [0.3, 0.4) is 0 Å². The maximum atomic E-state index is 13.7. The van der Waals surface area contributed by atoms with E-state index < -0.39 is 27.3 Å². The van der Waals surface area contributed by atoms with Crippen LogP contribution in [0.1, 0.15) is 40.4 Å². The van der Waals surface area contributed by atoms with Crippen LogP contribution in [0.5, 0.6) is 17.2 Å². The van der Waals surface area contributed by atoms with Gasteiger partial charge < -0.3 is 18.6 Å². The minimum absolute atomic E-state index is 0.0424. The van der Waals surface area contributed by atoms with Crippen molar-refractivity contribution in [2.24, 2.45) is 0 Å². The first kappa shape index (κ1) is 31.7. The molecule has 0 unspecified atom stereocenters. The largest absolute Gasteiger partial charge is 0.423 e. The Hall–Kier alpha value is -5.32. The summed E-state index contributed by atoms with van der Waals surface area (Å²) in [4.78, 5) is 52.4. The van der Waals surface area contributed by atoms with E-state index in [2.05, 4.69) is 31.9 Å². The molecule has 0 bridgehead atoms. The Morgan fingerprint density at radius 3 is 1.55 bits per heavy atom. The Morgan fingerprint density at radius 1 is 0.574 bits per heavy atom. The van der Waals surface area contributed by atoms with Crippen LogP contribution < -0.4 is 19.8 Å². The van der Waals surface area contributed by atoms with Crippen LogP contribution in [0.15, 0.2) is 137 Å². The highest BCUT2D eigenvalue weighted by molar-refractivity contribution is 9.24. The number of ether oxygens (including phenoxy) is 3.